The summed E-state index contributed by atoms with van der Waals surface area (Å²) in [4.78, 5) is 22.8. The molecule has 2 amide bonds. The van der Waals surface area contributed by atoms with Gasteiger partial charge in [0.15, 0.2) is 5.65 Å². The lowest BCUT2D eigenvalue weighted by Crippen LogP contribution is -2.38. The minimum absolute atomic E-state index is 0.00280. The number of carbonyl (C=O) groups is 1. The van der Waals surface area contributed by atoms with Gasteiger partial charge in [-0.25, -0.2) is 14.3 Å². The third-order valence-electron chi connectivity index (χ3n) is 5.25. The van der Waals surface area contributed by atoms with Crippen LogP contribution in [0.5, 0.6) is 0 Å². The van der Waals surface area contributed by atoms with Crippen LogP contribution in [0.15, 0.2) is 79.1 Å². The van der Waals surface area contributed by atoms with Gasteiger partial charge in [0.25, 0.3) is 0 Å². The average molecular weight is 423 g/mol. The van der Waals surface area contributed by atoms with Gasteiger partial charge in [0.1, 0.15) is 5.69 Å². The van der Waals surface area contributed by atoms with Gasteiger partial charge in [-0.05, 0) is 54.7 Å². The van der Waals surface area contributed by atoms with E-state index in [-0.39, 0.29) is 12.1 Å². The molecular formula is C25H21N5O2. The molecule has 0 aliphatic carbocycles. The second-order valence-electron chi connectivity index (χ2n) is 7.49. The molecule has 2 aromatic heterocycles. The molecule has 4 aromatic rings. The zero-order valence-corrected chi connectivity index (χ0v) is 17.3. The highest BCUT2D eigenvalue weighted by molar-refractivity contribution is 5.89. The Bertz CT molecular complexity index is 1310. The Labute approximate surface area is 185 Å². The van der Waals surface area contributed by atoms with Crippen molar-refractivity contribution in [1.82, 2.24) is 19.7 Å². The fourth-order valence-electron chi connectivity index (χ4n) is 3.71. The summed E-state index contributed by atoms with van der Waals surface area (Å²) in [5.41, 5.74) is 4.06. The maximum Gasteiger partial charge on any atom is 0.346 e. The van der Waals surface area contributed by atoms with Crippen LogP contribution in [0, 0.1) is 11.8 Å². The molecule has 1 atom stereocenters. The van der Waals surface area contributed by atoms with Crippen molar-refractivity contribution in [3.05, 3.63) is 95.9 Å². The number of nitrogens with one attached hydrogen (secondary N) is 1. The highest BCUT2D eigenvalue weighted by Crippen LogP contribution is 2.21. The number of hydroxylamine groups is 2. The van der Waals surface area contributed by atoms with Crippen molar-refractivity contribution in [3.63, 3.8) is 0 Å². The van der Waals surface area contributed by atoms with E-state index in [4.69, 9.17) is 4.84 Å². The molecule has 0 saturated carbocycles. The number of imidazole rings is 1. The maximum atomic E-state index is 12.9. The second-order valence-corrected chi connectivity index (χ2v) is 7.49. The van der Waals surface area contributed by atoms with Crippen molar-refractivity contribution >= 4 is 17.4 Å². The quantitative estimate of drug-likeness (QED) is 0.507. The lowest BCUT2D eigenvalue weighted by atomic mass is 10.0. The predicted molar refractivity (Wildman–Crippen MR) is 121 cm³/mol. The summed E-state index contributed by atoms with van der Waals surface area (Å²) in [6, 6.07) is 21.0. The van der Waals surface area contributed by atoms with E-state index in [0.717, 1.165) is 24.1 Å². The normalized spacial score (nSPS) is 15.4. The highest BCUT2D eigenvalue weighted by atomic mass is 16.7. The molecule has 1 saturated heterocycles. The van der Waals surface area contributed by atoms with E-state index in [0.29, 0.717) is 18.0 Å². The first-order chi connectivity index (χ1) is 15.8. The van der Waals surface area contributed by atoms with Gasteiger partial charge in [-0.2, -0.15) is 10.2 Å². The zero-order valence-electron chi connectivity index (χ0n) is 17.3. The molecule has 1 aliphatic heterocycles. The van der Waals surface area contributed by atoms with Crippen molar-refractivity contribution in [2.24, 2.45) is 0 Å². The van der Waals surface area contributed by atoms with Gasteiger partial charge in [0.05, 0.1) is 18.8 Å². The van der Waals surface area contributed by atoms with Crippen LogP contribution in [0.2, 0.25) is 0 Å². The smallest absolute Gasteiger partial charge is 0.306 e. The number of fused-ring (bicyclic) bond motifs is 1. The molecule has 5 rings (SSSR count). The van der Waals surface area contributed by atoms with Gasteiger partial charge in [0, 0.05) is 17.4 Å². The monoisotopic (exact) mass is 423 g/mol. The summed E-state index contributed by atoms with van der Waals surface area (Å²) >= 11 is 0. The van der Waals surface area contributed by atoms with E-state index >= 15 is 0 Å². The van der Waals surface area contributed by atoms with Crippen LogP contribution in [0.4, 0.5) is 10.5 Å². The van der Waals surface area contributed by atoms with E-state index in [9.17, 15) is 4.79 Å². The Kier molecular flexibility index (Phi) is 5.52. The Morgan fingerprint density at radius 2 is 2.00 bits per heavy atom. The third kappa shape index (κ3) is 4.31. The number of rotatable bonds is 3. The first kappa shape index (κ1) is 19.8. The van der Waals surface area contributed by atoms with E-state index in [2.05, 4.69) is 39.4 Å². The molecule has 32 heavy (non-hydrogen) atoms. The predicted octanol–water partition coefficient (Wildman–Crippen LogP) is 3.91. The standard InChI is InChI=1S/C25H21N5O2/c31-25(30-22(13-15-32-30)17-19-6-2-1-3-7-19)28-21-9-4-8-20(16-21)11-12-23-18-26-24-10-5-14-27-29(23)24/h1-10,14,16,18,22H,13,15,17H2,(H,28,31)/t22-/m0/s1. The summed E-state index contributed by atoms with van der Waals surface area (Å²) in [5, 5.41) is 8.65. The largest absolute Gasteiger partial charge is 0.346 e. The number of amides is 2. The molecule has 1 N–H and O–H groups in total. The number of anilines is 1. The summed E-state index contributed by atoms with van der Waals surface area (Å²) < 4.78 is 1.69. The van der Waals surface area contributed by atoms with Crippen LogP contribution in [-0.4, -0.2) is 38.3 Å². The van der Waals surface area contributed by atoms with Crippen molar-refractivity contribution in [2.75, 3.05) is 11.9 Å². The number of aromatic nitrogens is 3. The minimum atomic E-state index is -0.278. The maximum absolute atomic E-state index is 12.9. The van der Waals surface area contributed by atoms with Crippen LogP contribution >= 0.6 is 0 Å². The minimum Gasteiger partial charge on any atom is -0.306 e. The average Bonchev–Trinajstić information content (AvgIpc) is 3.46. The molecule has 158 valence electrons. The summed E-state index contributed by atoms with van der Waals surface area (Å²) in [6.07, 6.45) is 4.95. The van der Waals surface area contributed by atoms with E-state index in [1.807, 2.05) is 54.6 Å². The molecule has 0 radical (unpaired) electrons. The molecule has 2 aromatic carbocycles. The summed E-state index contributed by atoms with van der Waals surface area (Å²) in [7, 11) is 0. The van der Waals surface area contributed by atoms with E-state index in [1.54, 1.807) is 16.9 Å². The van der Waals surface area contributed by atoms with Crippen LogP contribution in [0.3, 0.4) is 0 Å². The molecule has 3 heterocycles. The van der Waals surface area contributed by atoms with Gasteiger partial charge in [-0.15, -0.1) is 0 Å². The Hall–Kier alpha value is -4.15. The van der Waals surface area contributed by atoms with Crippen molar-refractivity contribution in [3.8, 4) is 11.8 Å². The van der Waals surface area contributed by atoms with Gasteiger partial charge in [0.2, 0.25) is 0 Å². The van der Waals surface area contributed by atoms with Crippen molar-refractivity contribution < 1.29 is 9.63 Å². The fraction of sp³-hybridized carbons (Fsp3) is 0.160. The molecule has 0 unspecified atom stereocenters. The Morgan fingerprint density at radius 1 is 1.09 bits per heavy atom. The second kappa shape index (κ2) is 8.92. The Balaban J connectivity index is 1.28. The molecule has 0 spiro atoms. The lowest BCUT2D eigenvalue weighted by Gasteiger charge is -2.23. The van der Waals surface area contributed by atoms with Crippen molar-refractivity contribution in [1.29, 1.82) is 0 Å². The van der Waals surface area contributed by atoms with Crippen LogP contribution in [-0.2, 0) is 11.3 Å². The topological polar surface area (TPSA) is 71.8 Å². The molecule has 7 nitrogen and oxygen atoms in total. The molecule has 7 heteroatoms. The molecule has 1 fully saturated rings. The van der Waals surface area contributed by atoms with Gasteiger partial charge in [-0.3, -0.25) is 4.84 Å². The van der Waals surface area contributed by atoms with Gasteiger partial charge < -0.3 is 5.32 Å². The highest BCUT2D eigenvalue weighted by Gasteiger charge is 2.30. The fourth-order valence-corrected chi connectivity index (χ4v) is 3.71. The summed E-state index contributed by atoms with van der Waals surface area (Å²) in [6.45, 7) is 0.532. The summed E-state index contributed by atoms with van der Waals surface area (Å²) in [5.74, 6) is 6.21. The lowest BCUT2D eigenvalue weighted by molar-refractivity contribution is -0.0818. The van der Waals surface area contributed by atoms with Crippen molar-refractivity contribution in [2.45, 2.75) is 18.9 Å². The van der Waals surface area contributed by atoms with Crippen LogP contribution in [0.1, 0.15) is 23.2 Å². The van der Waals surface area contributed by atoms with Gasteiger partial charge in [-0.1, -0.05) is 42.3 Å². The first-order valence-electron chi connectivity index (χ1n) is 10.4. The first-order valence-corrected chi connectivity index (χ1v) is 10.4. The third-order valence-corrected chi connectivity index (χ3v) is 5.25. The number of nitrogens with zero attached hydrogens (tertiary/aromatic N) is 4. The number of carbonyl (C=O) groups excluding carboxylic acids is 1. The number of hydrogen-bond donors (Lipinski definition) is 1. The SMILES string of the molecule is O=C(Nc1cccc(C#Cc2cnc3cccnn23)c1)N1OCC[C@H]1Cc1ccccc1. The van der Waals surface area contributed by atoms with Crippen LogP contribution < -0.4 is 5.32 Å². The molecule has 1 aliphatic rings. The van der Waals surface area contributed by atoms with Crippen LogP contribution in [0.25, 0.3) is 5.65 Å². The molecular weight excluding hydrogens is 402 g/mol. The number of hydrogen-bond acceptors (Lipinski definition) is 4. The number of benzene rings is 2. The zero-order chi connectivity index (χ0) is 21.8. The Morgan fingerprint density at radius 3 is 2.91 bits per heavy atom. The van der Waals surface area contributed by atoms with Gasteiger partial charge >= 0.3 is 6.03 Å². The molecule has 0 bridgehead atoms. The van der Waals surface area contributed by atoms with E-state index < -0.39 is 0 Å². The van der Waals surface area contributed by atoms with E-state index in [1.165, 1.54) is 10.6 Å². The number of urea groups is 1.